The lowest BCUT2D eigenvalue weighted by atomic mass is 10.1. The number of rotatable bonds is 11. The predicted molar refractivity (Wildman–Crippen MR) is 107 cm³/mol. The van der Waals surface area contributed by atoms with E-state index in [1.54, 1.807) is 4.90 Å². The fourth-order valence-electron chi connectivity index (χ4n) is 2.23. The first-order chi connectivity index (χ1) is 12.9. The summed E-state index contributed by atoms with van der Waals surface area (Å²) >= 11 is 5.29. The van der Waals surface area contributed by atoms with Crippen LogP contribution in [0.4, 0.5) is 0 Å². The SMILES string of the molecule is CCCOC(=O)CCC(=O)NC(=S)N(CCC(N)=O)CCc1ccccc1. The molecule has 0 unspecified atom stereocenters. The molecule has 0 fully saturated rings. The van der Waals surface area contributed by atoms with Crippen LogP contribution in [0, 0.1) is 0 Å². The zero-order valence-corrected chi connectivity index (χ0v) is 16.4. The Kier molecular flexibility index (Phi) is 10.7. The quantitative estimate of drug-likeness (QED) is 0.437. The maximum absolute atomic E-state index is 12.0. The zero-order chi connectivity index (χ0) is 20.1. The molecule has 0 aliphatic heterocycles. The Morgan fingerprint density at radius 2 is 1.81 bits per heavy atom. The normalized spacial score (nSPS) is 10.1. The highest BCUT2D eigenvalue weighted by atomic mass is 32.1. The van der Waals surface area contributed by atoms with Gasteiger partial charge >= 0.3 is 5.97 Å². The Labute approximate surface area is 165 Å². The molecule has 27 heavy (non-hydrogen) atoms. The first-order valence-electron chi connectivity index (χ1n) is 8.99. The molecule has 0 atom stereocenters. The van der Waals surface area contributed by atoms with E-state index in [1.807, 2.05) is 37.3 Å². The topological polar surface area (TPSA) is 102 Å². The Balaban J connectivity index is 2.52. The van der Waals surface area contributed by atoms with Crippen LogP contribution in [-0.4, -0.2) is 47.5 Å². The van der Waals surface area contributed by atoms with Crippen LogP contribution in [0.25, 0.3) is 0 Å². The number of amides is 2. The van der Waals surface area contributed by atoms with Crippen LogP contribution in [0.1, 0.15) is 38.2 Å². The molecule has 0 aliphatic rings. The van der Waals surface area contributed by atoms with Crippen LogP contribution in [0.2, 0.25) is 0 Å². The van der Waals surface area contributed by atoms with Crippen molar-refractivity contribution in [3.05, 3.63) is 35.9 Å². The number of primary amides is 1. The summed E-state index contributed by atoms with van der Waals surface area (Å²) in [5, 5.41) is 2.83. The average molecular weight is 394 g/mol. The van der Waals surface area contributed by atoms with Gasteiger partial charge in [0.25, 0.3) is 0 Å². The van der Waals surface area contributed by atoms with Gasteiger partial charge in [-0.1, -0.05) is 37.3 Å². The molecule has 1 aromatic carbocycles. The van der Waals surface area contributed by atoms with E-state index >= 15 is 0 Å². The number of hydrogen-bond donors (Lipinski definition) is 2. The van der Waals surface area contributed by atoms with Gasteiger partial charge in [-0.05, 0) is 30.6 Å². The van der Waals surface area contributed by atoms with E-state index in [1.165, 1.54) is 0 Å². The molecule has 1 rings (SSSR count). The molecule has 0 saturated heterocycles. The van der Waals surface area contributed by atoms with Crippen molar-refractivity contribution >= 4 is 35.1 Å². The summed E-state index contributed by atoms with van der Waals surface area (Å²) in [5.41, 5.74) is 6.34. The van der Waals surface area contributed by atoms with Gasteiger partial charge in [-0.2, -0.15) is 0 Å². The minimum absolute atomic E-state index is 0.000250. The van der Waals surface area contributed by atoms with Crippen LogP contribution in [-0.2, 0) is 25.5 Å². The van der Waals surface area contributed by atoms with E-state index in [0.717, 1.165) is 12.0 Å². The Morgan fingerprint density at radius 3 is 2.44 bits per heavy atom. The zero-order valence-electron chi connectivity index (χ0n) is 15.6. The van der Waals surface area contributed by atoms with Crippen molar-refractivity contribution in [2.75, 3.05) is 19.7 Å². The summed E-state index contributed by atoms with van der Waals surface area (Å²) in [6.07, 6.45) is 1.57. The van der Waals surface area contributed by atoms with E-state index in [-0.39, 0.29) is 30.3 Å². The van der Waals surface area contributed by atoms with Crippen molar-refractivity contribution in [2.45, 2.75) is 39.0 Å². The molecule has 0 aliphatic carbocycles. The van der Waals surface area contributed by atoms with Gasteiger partial charge in [0.2, 0.25) is 11.8 Å². The average Bonchev–Trinajstić information content (AvgIpc) is 2.65. The lowest BCUT2D eigenvalue weighted by molar-refractivity contribution is -0.144. The van der Waals surface area contributed by atoms with Crippen molar-refractivity contribution in [3.63, 3.8) is 0 Å². The van der Waals surface area contributed by atoms with E-state index in [4.69, 9.17) is 22.7 Å². The summed E-state index contributed by atoms with van der Waals surface area (Å²) in [5.74, 6) is -1.21. The molecule has 1 aromatic rings. The summed E-state index contributed by atoms with van der Waals surface area (Å²) in [4.78, 5) is 36.3. The van der Waals surface area contributed by atoms with Crippen molar-refractivity contribution < 1.29 is 19.1 Å². The molecule has 3 N–H and O–H groups in total. The molecule has 0 saturated carbocycles. The van der Waals surface area contributed by atoms with Gasteiger partial charge in [0.1, 0.15) is 0 Å². The number of nitrogens with two attached hydrogens (primary N) is 1. The monoisotopic (exact) mass is 393 g/mol. The van der Waals surface area contributed by atoms with E-state index in [9.17, 15) is 14.4 Å². The molecule has 0 heterocycles. The van der Waals surface area contributed by atoms with Crippen molar-refractivity contribution in [1.82, 2.24) is 10.2 Å². The third-order valence-electron chi connectivity index (χ3n) is 3.70. The molecule has 148 valence electrons. The summed E-state index contributed by atoms with van der Waals surface area (Å²) < 4.78 is 4.93. The maximum atomic E-state index is 12.0. The van der Waals surface area contributed by atoms with Crippen LogP contribution in [0.15, 0.2) is 30.3 Å². The molecule has 0 spiro atoms. The van der Waals surface area contributed by atoms with Gasteiger partial charge < -0.3 is 20.7 Å². The lowest BCUT2D eigenvalue weighted by Crippen LogP contribution is -2.44. The van der Waals surface area contributed by atoms with Gasteiger partial charge in [0.15, 0.2) is 5.11 Å². The second-order valence-electron chi connectivity index (χ2n) is 6.01. The lowest BCUT2D eigenvalue weighted by Gasteiger charge is -2.25. The van der Waals surface area contributed by atoms with Gasteiger partial charge in [-0.25, -0.2) is 0 Å². The van der Waals surface area contributed by atoms with E-state index in [2.05, 4.69) is 5.32 Å². The summed E-state index contributed by atoms with van der Waals surface area (Å²) in [6.45, 7) is 3.10. The van der Waals surface area contributed by atoms with Crippen molar-refractivity contribution in [2.24, 2.45) is 5.73 Å². The highest BCUT2D eigenvalue weighted by molar-refractivity contribution is 7.80. The number of esters is 1. The van der Waals surface area contributed by atoms with Crippen LogP contribution >= 0.6 is 12.2 Å². The third kappa shape index (κ3) is 10.3. The van der Waals surface area contributed by atoms with Crippen molar-refractivity contribution in [1.29, 1.82) is 0 Å². The van der Waals surface area contributed by atoms with Crippen LogP contribution < -0.4 is 11.1 Å². The number of benzene rings is 1. The Hall–Kier alpha value is -2.48. The van der Waals surface area contributed by atoms with Gasteiger partial charge in [-0.15, -0.1) is 0 Å². The smallest absolute Gasteiger partial charge is 0.306 e. The fourth-order valence-corrected chi connectivity index (χ4v) is 2.53. The van der Waals surface area contributed by atoms with Crippen molar-refractivity contribution in [3.8, 4) is 0 Å². The molecule has 0 bridgehead atoms. The molecule has 7 nitrogen and oxygen atoms in total. The largest absolute Gasteiger partial charge is 0.466 e. The number of thiocarbonyl (C=S) groups is 1. The molecule has 8 heteroatoms. The number of nitrogens with zero attached hydrogens (tertiary/aromatic N) is 1. The van der Waals surface area contributed by atoms with E-state index in [0.29, 0.717) is 26.1 Å². The van der Waals surface area contributed by atoms with Gasteiger partial charge in [0.05, 0.1) is 13.0 Å². The first kappa shape index (κ1) is 22.6. The van der Waals surface area contributed by atoms with Crippen LogP contribution in [0.5, 0.6) is 0 Å². The summed E-state index contributed by atoms with van der Waals surface area (Å²) in [6, 6.07) is 9.82. The highest BCUT2D eigenvalue weighted by Crippen LogP contribution is 2.03. The molecule has 0 radical (unpaired) electrons. The fraction of sp³-hybridized carbons (Fsp3) is 0.474. The third-order valence-corrected chi connectivity index (χ3v) is 4.06. The van der Waals surface area contributed by atoms with E-state index < -0.39 is 11.9 Å². The standard InChI is InChI=1S/C19H27N3O4S/c1-2-14-26-18(25)9-8-17(24)21-19(27)22(13-11-16(20)23)12-10-15-6-4-3-5-7-15/h3-7H,2,8-14H2,1H3,(H2,20,23)(H,21,24,27). The number of nitrogens with one attached hydrogen (secondary N) is 1. The number of carbonyl (C=O) groups is 3. The van der Waals surface area contributed by atoms with Crippen LogP contribution in [0.3, 0.4) is 0 Å². The number of carbonyl (C=O) groups excluding carboxylic acids is 3. The predicted octanol–water partition coefficient (Wildman–Crippen LogP) is 1.54. The second kappa shape index (κ2) is 12.8. The van der Waals surface area contributed by atoms with Gasteiger partial charge in [-0.3, -0.25) is 14.4 Å². The number of ether oxygens (including phenoxy) is 1. The Bertz CT molecular complexity index is 637. The number of hydrogen-bond acceptors (Lipinski definition) is 5. The maximum Gasteiger partial charge on any atom is 0.306 e. The Morgan fingerprint density at radius 1 is 1.11 bits per heavy atom. The molecular formula is C19H27N3O4S. The highest BCUT2D eigenvalue weighted by Gasteiger charge is 2.15. The minimum Gasteiger partial charge on any atom is -0.466 e. The second-order valence-corrected chi connectivity index (χ2v) is 6.40. The first-order valence-corrected chi connectivity index (χ1v) is 9.39. The minimum atomic E-state index is -0.437. The molecule has 0 aromatic heterocycles. The summed E-state index contributed by atoms with van der Waals surface area (Å²) in [7, 11) is 0. The molecular weight excluding hydrogens is 366 g/mol. The van der Waals surface area contributed by atoms with Gasteiger partial charge in [0, 0.05) is 25.9 Å². The molecule has 2 amide bonds.